The summed E-state index contributed by atoms with van der Waals surface area (Å²) in [7, 11) is 0. The number of ether oxygens (including phenoxy) is 1. The summed E-state index contributed by atoms with van der Waals surface area (Å²) in [6.45, 7) is 6.30. The van der Waals surface area contributed by atoms with Crippen LogP contribution in [0.4, 0.5) is 4.79 Å². The SMILES string of the molecule is CC(C)(C)c1nc(Cl)cc2c1C(=O)OC21CCN(C(=O)O)C1. The Balaban J connectivity index is 2.16. The van der Waals surface area contributed by atoms with Crippen molar-refractivity contribution < 1.29 is 19.4 Å². The molecule has 0 saturated carbocycles. The van der Waals surface area contributed by atoms with E-state index in [0.717, 1.165) is 0 Å². The fourth-order valence-corrected chi connectivity index (χ4v) is 3.35. The number of rotatable bonds is 0. The van der Waals surface area contributed by atoms with Gasteiger partial charge in [0, 0.05) is 23.9 Å². The summed E-state index contributed by atoms with van der Waals surface area (Å²) in [6, 6.07) is 1.63. The Bertz CT molecular complexity index is 683. The molecule has 22 heavy (non-hydrogen) atoms. The van der Waals surface area contributed by atoms with Gasteiger partial charge in [0.05, 0.1) is 17.8 Å². The van der Waals surface area contributed by atoms with Crippen LogP contribution in [0.2, 0.25) is 5.15 Å². The largest absolute Gasteiger partial charge is 0.465 e. The maximum Gasteiger partial charge on any atom is 0.407 e. The molecule has 7 heteroatoms. The Morgan fingerprint density at radius 2 is 2.18 bits per heavy atom. The van der Waals surface area contributed by atoms with Gasteiger partial charge in [-0.1, -0.05) is 32.4 Å². The molecule has 1 saturated heterocycles. The summed E-state index contributed by atoms with van der Waals surface area (Å²) in [5, 5.41) is 9.44. The van der Waals surface area contributed by atoms with Crippen molar-refractivity contribution in [2.75, 3.05) is 13.1 Å². The van der Waals surface area contributed by atoms with Gasteiger partial charge in [-0.15, -0.1) is 0 Å². The van der Waals surface area contributed by atoms with Crippen molar-refractivity contribution in [2.45, 2.75) is 38.2 Å². The van der Waals surface area contributed by atoms with E-state index >= 15 is 0 Å². The Kier molecular flexibility index (Phi) is 3.15. The van der Waals surface area contributed by atoms with Crippen molar-refractivity contribution in [3.8, 4) is 0 Å². The molecular weight excluding hydrogens is 308 g/mol. The van der Waals surface area contributed by atoms with Gasteiger partial charge in [0.1, 0.15) is 5.15 Å². The maximum absolute atomic E-state index is 12.4. The molecule has 0 bridgehead atoms. The van der Waals surface area contributed by atoms with Gasteiger partial charge < -0.3 is 14.7 Å². The standard InChI is InChI=1S/C15H17ClN2O4/c1-14(2,3)11-10-8(6-9(16)17-11)15(22-12(10)19)4-5-18(7-15)13(20)21/h6H,4-5,7H2,1-3H3,(H,20,21). The van der Waals surface area contributed by atoms with Crippen LogP contribution in [0.3, 0.4) is 0 Å². The average molecular weight is 325 g/mol. The van der Waals surface area contributed by atoms with Gasteiger partial charge in [-0.05, 0) is 6.07 Å². The second-order valence-electron chi connectivity index (χ2n) is 6.80. The Labute approximate surface area is 133 Å². The van der Waals surface area contributed by atoms with E-state index in [9.17, 15) is 9.59 Å². The number of hydrogen-bond acceptors (Lipinski definition) is 4. The topological polar surface area (TPSA) is 79.7 Å². The zero-order valence-corrected chi connectivity index (χ0v) is 13.4. The minimum absolute atomic E-state index is 0.130. The van der Waals surface area contributed by atoms with Crippen molar-refractivity contribution in [3.05, 3.63) is 28.0 Å². The highest BCUT2D eigenvalue weighted by Gasteiger charge is 2.53. The third-order valence-corrected chi connectivity index (χ3v) is 4.38. The van der Waals surface area contributed by atoms with Crippen LogP contribution in [-0.2, 0) is 15.8 Å². The van der Waals surface area contributed by atoms with Gasteiger partial charge in [0.25, 0.3) is 0 Å². The Hall–Kier alpha value is -1.82. The Morgan fingerprint density at radius 3 is 2.73 bits per heavy atom. The number of fused-ring (bicyclic) bond motifs is 2. The highest BCUT2D eigenvalue weighted by molar-refractivity contribution is 6.29. The van der Waals surface area contributed by atoms with Crippen molar-refractivity contribution in [1.29, 1.82) is 0 Å². The van der Waals surface area contributed by atoms with Gasteiger partial charge >= 0.3 is 12.1 Å². The number of nitrogens with zero attached hydrogens (tertiary/aromatic N) is 2. The van der Waals surface area contributed by atoms with Crippen molar-refractivity contribution in [2.24, 2.45) is 0 Å². The molecular formula is C15H17ClN2O4. The first kappa shape index (κ1) is 15.1. The second kappa shape index (κ2) is 4.59. The van der Waals surface area contributed by atoms with Gasteiger partial charge in [-0.2, -0.15) is 0 Å². The minimum Gasteiger partial charge on any atom is -0.465 e. The van der Waals surface area contributed by atoms with Crippen LogP contribution in [0.5, 0.6) is 0 Å². The molecule has 1 amide bonds. The lowest BCUT2D eigenvalue weighted by Gasteiger charge is -2.24. The molecule has 1 aromatic rings. The number of hydrogen-bond donors (Lipinski definition) is 1. The minimum atomic E-state index is -1.02. The van der Waals surface area contributed by atoms with Crippen LogP contribution in [0.1, 0.15) is 48.8 Å². The molecule has 3 rings (SSSR count). The first-order valence-corrected chi connectivity index (χ1v) is 7.44. The molecule has 6 nitrogen and oxygen atoms in total. The van der Waals surface area contributed by atoms with E-state index < -0.39 is 17.7 Å². The summed E-state index contributed by atoms with van der Waals surface area (Å²) < 4.78 is 5.61. The summed E-state index contributed by atoms with van der Waals surface area (Å²) >= 11 is 6.13. The normalized spacial score (nSPS) is 23.8. The third kappa shape index (κ3) is 2.13. The maximum atomic E-state index is 12.4. The molecule has 1 spiro atoms. The molecule has 1 unspecified atom stereocenters. The monoisotopic (exact) mass is 324 g/mol. The van der Waals surface area contributed by atoms with E-state index in [1.807, 2.05) is 20.8 Å². The van der Waals surface area contributed by atoms with E-state index in [1.54, 1.807) is 6.07 Å². The van der Waals surface area contributed by atoms with Gasteiger partial charge in [0.15, 0.2) is 5.60 Å². The number of aromatic nitrogens is 1. The van der Waals surface area contributed by atoms with Gasteiger partial charge in [-0.3, -0.25) is 0 Å². The highest BCUT2D eigenvalue weighted by atomic mass is 35.5. The molecule has 1 N–H and O–H groups in total. The molecule has 1 fully saturated rings. The summed E-state index contributed by atoms with van der Waals surface area (Å²) in [5.41, 5.74) is 0.378. The highest BCUT2D eigenvalue weighted by Crippen LogP contribution is 2.46. The predicted molar refractivity (Wildman–Crippen MR) is 79.3 cm³/mol. The van der Waals surface area contributed by atoms with Crippen molar-refractivity contribution >= 4 is 23.7 Å². The first-order valence-electron chi connectivity index (χ1n) is 7.07. The fraction of sp³-hybridized carbons (Fsp3) is 0.533. The van der Waals surface area contributed by atoms with Crippen LogP contribution in [0, 0.1) is 0 Å². The van der Waals surface area contributed by atoms with Crippen LogP contribution >= 0.6 is 11.6 Å². The lowest BCUT2D eigenvalue weighted by atomic mass is 9.84. The van der Waals surface area contributed by atoms with Gasteiger partial charge in [0.2, 0.25) is 0 Å². The zero-order chi connectivity index (χ0) is 16.3. The number of halogens is 1. The van der Waals surface area contributed by atoms with Gasteiger partial charge in [-0.25, -0.2) is 14.6 Å². The summed E-state index contributed by atoms with van der Waals surface area (Å²) in [4.78, 5) is 29.2. The smallest absolute Gasteiger partial charge is 0.407 e. The van der Waals surface area contributed by atoms with Crippen LogP contribution in [0.25, 0.3) is 0 Å². The predicted octanol–water partition coefficient (Wildman–Crippen LogP) is 2.78. The summed E-state index contributed by atoms with van der Waals surface area (Å²) in [6.07, 6.45) is -0.584. The molecule has 0 radical (unpaired) electrons. The number of carbonyl (C=O) groups excluding carboxylic acids is 1. The third-order valence-electron chi connectivity index (χ3n) is 4.18. The molecule has 3 heterocycles. The van der Waals surface area contributed by atoms with E-state index in [1.165, 1.54) is 4.90 Å². The zero-order valence-electron chi connectivity index (χ0n) is 12.6. The Morgan fingerprint density at radius 1 is 1.50 bits per heavy atom. The molecule has 1 atom stereocenters. The number of pyridine rings is 1. The number of amides is 1. The quantitative estimate of drug-likeness (QED) is 0.586. The number of likely N-dealkylation sites (tertiary alicyclic amines) is 1. The molecule has 1 aromatic heterocycles. The van der Waals surface area contributed by atoms with E-state index in [0.29, 0.717) is 29.8 Å². The van der Waals surface area contributed by atoms with E-state index in [4.69, 9.17) is 21.4 Å². The van der Waals surface area contributed by atoms with Crippen LogP contribution in [-0.4, -0.2) is 40.1 Å². The average Bonchev–Trinajstić information content (AvgIpc) is 2.92. The fourth-order valence-electron chi connectivity index (χ4n) is 3.15. The van der Waals surface area contributed by atoms with Crippen LogP contribution in [0.15, 0.2) is 6.07 Å². The number of carboxylic acid groups (broad SMARTS) is 1. The lowest BCUT2D eigenvalue weighted by Crippen LogP contribution is -2.33. The second-order valence-corrected chi connectivity index (χ2v) is 7.19. The molecule has 2 aliphatic heterocycles. The molecule has 118 valence electrons. The molecule has 0 aromatic carbocycles. The van der Waals surface area contributed by atoms with E-state index in [2.05, 4.69) is 4.98 Å². The number of esters is 1. The van der Waals surface area contributed by atoms with Crippen LogP contribution < -0.4 is 0 Å². The molecule has 2 aliphatic rings. The van der Waals surface area contributed by atoms with Crippen molar-refractivity contribution in [1.82, 2.24) is 9.88 Å². The summed E-state index contributed by atoms with van der Waals surface area (Å²) in [5.74, 6) is -0.448. The van der Waals surface area contributed by atoms with Crippen molar-refractivity contribution in [3.63, 3.8) is 0 Å². The van der Waals surface area contributed by atoms with E-state index in [-0.39, 0.29) is 17.1 Å². The lowest BCUT2D eigenvalue weighted by molar-refractivity contribution is -0.00294. The number of carbonyl (C=O) groups is 2. The molecule has 0 aliphatic carbocycles. The first-order chi connectivity index (χ1) is 10.1.